The molecule has 10 heteroatoms. The topological polar surface area (TPSA) is 102 Å². The van der Waals surface area contributed by atoms with Gasteiger partial charge in [-0.05, 0) is 40.2 Å². The number of aromatic nitrogens is 1. The van der Waals surface area contributed by atoms with Crippen LogP contribution in [0.5, 0.6) is 0 Å². The Bertz CT molecular complexity index is 813. The minimum absolute atomic E-state index is 0.0394. The number of sulfonamides is 1. The van der Waals surface area contributed by atoms with E-state index in [1.54, 1.807) is 0 Å². The molecule has 7 nitrogen and oxygen atoms in total. The van der Waals surface area contributed by atoms with Gasteiger partial charge < -0.3 is 0 Å². The number of nitro groups is 1. The van der Waals surface area contributed by atoms with Gasteiger partial charge in [0, 0.05) is 12.3 Å². The molecule has 0 aliphatic rings. The van der Waals surface area contributed by atoms with Crippen LogP contribution >= 0.6 is 15.9 Å². The number of halogens is 2. The Hall–Kier alpha value is -2.07. The van der Waals surface area contributed by atoms with E-state index in [1.807, 2.05) is 0 Å². The minimum atomic E-state index is -4.22. The molecule has 110 valence electrons. The summed E-state index contributed by atoms with van der Waals surface area (Å²) in [6, 6.07) is 5.75. The first-order valence-corrected chi connectivity index (χ1v) is 7.66. The van der Waals surface area contributed by atoms with Crippen LogP contribution in [0.15, 0.2) is 46.0 Å². The average molecular weight is 376 g/mol. The number of nitrogens with zero attached hydrogens (tertiary/aromatic N) is 2. The first-order valence-electron chi connectivity index (χ1n) is 5.38. The standard InChI is InChI=1S/C11H7BrFN3O4S/c12-8-6-7(3-4-10(8)16(17)18)15-21(19,20)11-9(13)2-1-5-14-11/h1-6,15H. The summed E-state index contributed by atoms with van der Waals surface area (Å²) in [5.74, 6) is -0.994. The molecule has 0 bridgehead atoms. The molecule has 0 aliphatic carbocycles. The fourth-order valence-electron chi connectivity index (χ4n) is 1.49. The number of nitrogens with one attached hydrogen (secondary N) is 1. The lowest BCUT2D eigenvalue weighted by molar-refractivity contribution is -0.385. The third-order valence-electron chi connectivity index (χ3n) is 2.38. The van der Waals surface area contributed by atoms with E-state index < -0.39 is 25.8 Å². The van der Waals surface area contributed by atoms with Crippen LogP contribution in [-0.2, 0) is 10.0 Å². The van der Waals surface area contributed by atoms with E-state index in [4.69, 9.17) is 0 Å². The molecule has 1 N–H and O–H groups in total. The lowest BCUT2D eigenvalue weighted by Gasteiger charge is -2.08. The van der Waals surface area contributed by atoms with Gasteiger partial charge in [-0.3, -0.25) is 14.8 Å². The van der Waals surface area contributed by atoms with Gasteiger partial charge in [0.05, 0.1) is 15.1 Å². The van der Waals surface area contributed by atoms with Gasteiger partial charge in [-0.25, -0.2) is 9.37 Å². The first-order chi connectivity index (χ1) is 9.81. The van der Waals surface area contributed by atoms with E-state index in [0.29, 0.717) is 0 Å². The summed E-state index contributed by atoms with van der Waals surface area (Å²) in [7, 11) is -4.22. The molecule has 2 rings (SSSR count). The van der Waals surface area contributed by atoms with Gasteiger partial charge in [-0.15, -0.1) is 0 Å². The van der Waals surface area contributed by atoms with Crippen molar-refractivity contribution in [3.8, 4) is 0 Å². The lowest BCUT2D eigenvalue weighted by atomic mass is 10.3. The third-order valence-corrected chi connectivity index (χ3v) is 4.32. The number of hydrogen-bond acceptors (Lipinski definition) is 5. The summed E-state index contributed by atoms with van der Waals surface area (Å²) >= 11 is 2.96. The van der Waals surface area contributed by atoms with Crippen LogP contribution in [0.2, 0.25) is 0 Å². The lowest BCUT2D eigenvalue weighted by Crippen LogP contribution is -2.16. The van der Waals surface area contributed by atoms with Gasteiger partial charge >= 0.3 is 0 Å². The number of pyridine rings is 1. The van der Waals surface area contributed by atoms with Crippen molar-refractivity contribution in [3.05, 3.63) is 56.9 Å². The molecule has 0 saturated carbocycles. The Morgan fingerprint density at radius 1 is 1.33 bits per heavy atom. The number of rotatable bonds is 4. The molecule has 1 aromatic carbocycles. The van der Waals surface area contributed by atoms with Gasteiger partial charge in [0.2, 0.25) is 5.03 Å². The number of nitro benzene ring substituents is 1. The van der Waals surface area contributed by atoms with Crippen LogP contribution in [0.25, 0.3) is 0 Å². The van der Waals surface area contributed by atoms with Crippen molar-refractivity contribution < 1.29 is 17.7 Å². The van der Waals surface area contributed by atoms with Gasteiger partial charge in [0.1, 0.15) is 0 Å². The summed E-state index contributed by atoms with van der Waals surface area (Å²) < 4.78 is 39.6. The molecule has 0 aliphatic heterocycles. The highest BCUT2D eigenvalue weighted by molar-refractivity contribution is 9.10. The maximum Gasteiger partial charge on any atom is 0.283 e. The van der Waals surface area contributed by atoms with E-state index in [1.165, 1.54) is 18.2 Å². The Morgan fingerprint density at radius 3 is 2.62 bits per heavy atom. The molecule has 0 unspecified atom stereocenters. The molecule has 0 spiro atoms. The molecular weight excluding hydrogens is 369 g/mol. The van der Waals surface area contributed by atoms with Gasteiger partial charge in [0.15, 0.2) is 5.82 Å². The quantitative estimate of drug-likeness (QED) is 0.653. The predicted octanol–water partition coefficient (Wildman–Crippen LogP) is 2.69. The maximum absolute atomic E-state index is 13.5. The Labute approximate surface area is 127 Å². The Morgan fingerprint density at radius 2 is 2.05 bits per heavy atom. The van der Waals surface area contributed by atoms with E-state index in [-0.39, 0.29) is 15.8 Å². The van der Waals surface area contributed by atoms with Crippen LogP contribution in [0, 0.1) is 15.9 Å². The number of anilines is 1. The molecule has 1 aromatic heterocycles. The van der Waals surface area contributed by atoms with Crippen molar-refractivity contribution in [1.29, 1.82) is 0 Å². The van der Waals surface area contributed by atoms with Crippen molar-refractivity contribution in [1.82, 2.24) is 4.98 Å². The smallest absolute Gasteiger partial charge is 0.278 e. The average Bonchev–Trinajstić information content (AvgIpc) is 2.38. The highest BCUT2D eigenvalue weighted by Crippen LogP contribution is 2.28. The van der Waals surface area contributed by atoms with E-state index >= 15 is 0 Å². The number of hydrogen-bond donors (Lipinski definition) is 1. The van der Waals surface area contributed by atoms with Crippen LogP contribution in [0.3, 0.4) is 0 Å². The van der Waals surface area contributed by atoms with Gasteiger partial charge in [-0.1, -0.05) is 0 Å². The van der Waals surface area contributed by atoms with Crippen molar-refractivity contribution >= 4 is 37.3 Å². The van der Waals surface area contributed by atoms with Crippen LogP contribution in [0.1, 0.15) is 0 Å². The molecule has 0 radical (unpaired) electrons. The fourth-order valence-corrected chi connectivity index (χ4v) is 3.07. The van der Waals surface area contributed by atoms with E-state index in [2.05, 4.69) is 25.6 Å². The summed E-state index contributed by atoms with van der Waals surface area (Å²) in [6.07, 6.45) is 1.14. The highest BCUT2D eigenvalue weighted by Gasteiger charge is 2.21. The second-order valence-corrected chi connectivity index (χ2v) is 6.27. The summed E-state index contributed by atoms with van der Waals surface area (Å²) in [5, 5.41) is 9.91. The second-order valence-electron chi connectivity index (χ2n) is 3.82. The van der Waals surface area contributed by atoms with Crippen molar-refractivity contribution in [2.45, 2.75) is 5.03 Å². The molecule has 21 heavy (non-hydrogen) atoms. The Balaban J connectivity index is 2.36. The molecule has 0 atom stereocenters. The fraction of sp³-hybridized carbons (Fsp3) is 0. The number of benzene rings is 1. The molecule has 2 aromatic rings. The summed E-state index contributed by atoms with van der Waals surface area (Å²) in [6.45, 7) is 0. The SMILES string of the molecule is O=[N+]([O-])c1ccc(NS(=O)(=O)c2ncccc2F)cc1Br. The summed E-state index contributed by atoms with van der Waals surface area (Å²) in [4.78, 5) is 13.5. The van der Waals surface area contributed by atoms with Crippen LogP contribution in [0.4, 0.5) is 15.8 Å². The zero-order valence-electron chi connectivity index (χ0n) is 10.2. The Kier molecular flexibility index (Phi) is 4.19. The summed E-state index contributed by atoms with van der Waals surface area (Å²) in [5.41, 5.74) is -0.181. The highest BCUT2D eigenvalue weighted by atomic mass is 79.9. The van der Waals surface area contributed by atoms with Gasteiger partial charge in [0.25, 0.3) is 15.7 Å². The third kappa shape index (κ3) is 3.34. The molecule has 0 fully saturated rings. The monoisotopic (exact) mass is 375 g/mol. The first kappa shape index (κ1) is 15.3. The van der Waals surface area contributed by atoms with Crippen LogP contribution in [-0.4, -0.2) is 18.3 Å². The minimum Gasteiger partial charge on any atom is -0.278 e. The zero-order chi connectivity index (χ0) is 15.6. The maximum atomic E-state index is 13.5. The largest absolute Gasteiger partial charge is 0.283 e. The van der Waals surface area contributed by atoms with Crippen molar-refractivity contribution in [2.24, 2.45) is 0 Å². The van der Waals surface area contributed by atoms with E-state index in [0.717, 1.165) is 18.3 Å². The van der Waals surface area contributed by atoms with Gasteiger partial charge in [-0.2, -0.15) is 8.42 Å². The van der Waals surface area contributed by atoms with Crippen molar-refractivity contribution in [3.63, 3.8) is 0 Å². The van der Waals surface area contributed by atoms with Crippen molar-refractivity contribution in [2.75, 3.05) is 4.72 Å². The predicted molar refractivity (Wildman–Crippen MR) is 75.8 cm³/mol. The molecular formula is C11H7BrFN3O4S. The van der Waals surface area contributed by atoms with E-state index in [9.17, 15) is 22.9 Å². The second kappa shape index (κ2) is 5.74. The zero-order valence-corrected chi connectivity index (χ0v) is 12.6. The molecule has 0 amide bonds. The normalized spacial score (nSPS) is 11.1. The molecule has 1 heterocycles. The molecule has 0 saturated heterocycles. The van der Waals surface area contributed by atoms with Crippen LogP contribution < -0.4 is 4.72 Å².